The molecule has 4 nitrogen and oxygen atoms in total. The first-order chi connectivity index (χ1) is 11.0. The molecule has 0 unspecified atom stereocenters. The minimum atomic E-state index is -0.232. The molecule has 0 aromatic heterocycles. The van der Waals surface area contributed by atoms with Crippen LogP contribution in [0.1, 0.15) is 17.2 Å². The third-order valence-electron chi connectivity index (χ3n) is 3.89. The molecule has 0 bridgehead atoms. The molecule has 24 heavy (non-hydrogen) atoms. The molecule has 3 rings (SSSR count). The maximum Gasteiger partial charge on any atom is 0.258 e. The predicted octanol–water partition coefficient (Wildman–Crippen LogP) is 3.53. The molecule has 3 N–H and O–H groups in total. The zero-order valence-electron chi connectivity index (χ0n) is 12.7. The van der Waals surface area contributed by atoms with Crippen LogP contribution in [0.4, 0.5) is 0 Å². The van der Waals surface area contributed by atoms with Crippen molar-refractivity contribution in [1.29, 1.82) is 0 Å². The molecule has 1 amide bonds. The summed E-state index contributed by atoms with van der Waals surface area (Å²) in [4.78, 5) is 12.1. The van der Waals surface area contributed by atoms with Crippen molar-refractivity contribution in [2.45, 2.75) is 18.5 Å². The number of nitrogens with one attached hydrogen (secondary N) is 1. The van der Waals surface area contributed by atoms with Gasteiger partial charge >= 0.3 is 0 Å². The average Bonchev–Trinajstić information content (AvgIpc) is 2.83. The molecule has 2 aromatic rings. The van der Waals surface area contributed by atoms with Crippen LogP contribution >= 0.6 is 35.6 Å². The summed E-state index contributed by atoms with van der Waals surface area (Å²) in [6.45, 7) is -0.124. The molecule has 0 aliphatic heterocycles. The number of halogens is 3. The molecule has 1 aliphatic carbocycles. The van der Waals surface area contributed by atoms with E-state index in [4.69, 9.17) is 33.7 Å². The Morgan fingerprint density at radius 2 is 2.00 bits per heavy atom. The van der Waals surface area contributed by atoms with Gasteiger partial charge in [0.2, 0.25) is 0 Å². The Labute approximate surface area is 156 Å². The maximum absolute atomic E-state index is 12.1. The summed E-state index contributed by atoms with van der Waals surface area (Å²) in [6, 6.07) is 12.5. The van der Waals surface area contributed by atoms with E-state index in [-0.39, 0.29) is 37.0 Å². The zero-order chi connectivity index (χ0) is 16.4. The fourth-order valence-electron chi connectivity index (χ4n) is 2.75. The zero-order valence-corrected chi connectivity index (χ0v) is 15.0. The highest BCUT2D eigenvalue weighted by molar-refractivity contribution is 6.35. The number of benzene rings is 2. The van der Waals surface area contributed by atoms with Crippen LogP contribution in [0.2, 0.25) is 10.0 Å². The van der Waals surface area contributed by atoms with Crippen molar-refractivity contribution in [3.63, 3.8) is 0 Å². The van der Waals surface area contributed by atoms with E-state index >= 15 is 0 Å². The summed E-state index contributed by atoms with van der Waals surface area (Å²) in [5.41, 5.74) is 8.45. The van der Waals surface area contributed by atoms with Crippen LogP contribution in [0.15, 0.2) is 42.5 Å². The fourth-order valence-corrected chi connectivity index (χ4v) is 3.21. The van der Waals surface area contributed by atoms with E-state index in [1.165, 1.54) is 5.56 Å². The second kappa shape index (κ2) is 8.08. The molecule has 128 valence electrons. The lowest BCUT2D eigenvalue weighted by Gasteiger charge is -2.18. The molecule has 1 aliphatic rings. The minimum Gasteiger partial charge on any atom is -0.482 e. The number of hydrogen-bond acceptors (Lipinski definition) is 3. The van der Waals surface area contributed by atoms with E-state index in [0.717, 1.165) is 12.0 Å². The number of rotatable bonds is 4. The van der Waals surface area contributed by atoms with Gasteiger partial charge in [0.1, 0.15) is 5.75 Å². The molecular weight excluding hydrogens is 371 g/mol. The SMILES string of the molecule is Cl.N[C@H]1c2ccccc2C[C@@H]1NC(=O)COc1ccc(Cl)cc1Cl. The van der Waals surface area contributed by atoms with Crippen LogP contribution in [0, 0.1) is 0 Å². The topological polar surface area (TPSA) is 64.3 Å². The van der Waals surface area contributed by atoms with E-state index in [2.05, 4.69) is 5.32 Å². The minimum absolute atomic E-state index is 0. The first-order valence-electron chi connectivity index (χ1n) is 7.25. The molecule has 7 heteroatoms. The van der Waals surface area contributed by atoms with Gasteiger partial charge in [-0.2, -0.15) is 0 Å². The van der Waals surface area contributed by atoms with Crippen LogP contribution in [0.3, 0.4) is 0 Å². The Balaban J connectivity index is 0.00000208. The van der Waals surface area contributed by atoms with Crippen molar-refractivity contribution in [1.82, 2.24) is 5.32 Å². The molecule has 0 saturated heterocycles. The Kier molecular flexibility index (Phi) is 6.35. The van der Waals surface area contributed by atoms with Gasteiger partial charge in [0.25, 0.3) is 5.91 Å². The Bertz CT molecular complexity index is 740. The summed E-state index contributed by atoms with van der Waals surface area (Å²) >= 11 is 11.8. The van der Waals surface area contributed by atoms with Crippen molar-refractivity contribution in [2.24, 2.45) is 5.73 Å². The fraction of sp³-hybridized carbons (Fsp3) is 0.235. The number of carbonyl (C=O) groups excluding carboxylic acids is 1. The molecule has 0 saturated carbocycles. The third-order valence-corrected chi connectivity index (χ3v) is 4.42. The molecule has 2 atom stereocenters. The average molecular weight is 388 g/mol. The first kappa shape index (κ1) is 18.9. The number of fused-ring (bicyclic) bond motifs is 1. The van der Waals surface area contributed by atoms with Crippen molar-refractivity contribution in [3.8, 4) is 5.75 Å². The van der Waals surface area contributed by atoms with E-state index in [9.17, 15) is 4.79 Å². The standard InChI is InChI=1S/C17H16Cl2N2O2.ClH/c18-11-5-6-15(13(19)8-11)23-9-16(22)21-14-7-10-3-1-2-4-12(10)17(14)20;/h1-6,8,14,17H,7,9,20H2,(H,21,22);1H/t14-,17-;/m0./s1. The van der Waals surface area contributed by atoms with Gasteiger partial charge in [-0.15, -0.1) is 12.4 Å². The molecule has 0 heterocycles. The number of nitrogens with two attached hydrogens (primary N) is 1. The van der Waals surface area contributed by atoms with E-state index < -0.39 is 0 Å². The largest absolute Gasteiger partial charge is 0.482 e. The number of carbonyl (C=O) groups is 1. The van der Waals surface area contributed by atoms with Crippen molar-refractivity contribution < 1.29 is 9.53 Å². The monoisotopic (exact) mass is 386 g/mol. The van der Waals surface area contributed by atoms with E-state index in [1.54, 1.807) is 18.2 Å². The second-order valence-electron chi connectivity index (χ2n) is 5.47. The third kappa shape index (κ3) is 4.14. The molecule has 0 fully saturated rings. The summed E-state index contributed by atoms with van der Waals surface area (Å²) < 4.78 is 5.43. The lowest BCUT2D eigenvalue weighted by molar-refractivity contribution is -0.123. The Hall–Kier alpha value is -1.46. The number of hydrogen-bond donors (Lipinski definition) is 2. The van der Waals surface area contributed by atoms with Crippen molar-refractivity contribution in [2.75, 3.05) is 6.61 Å². The quantitative estimate of drug-likeness (QED) is 0.843. The molecule has 2 aromatic carbocycles. The van der Waals surface area contributed by atoms with Crippen LogP contribution in [-0.4, -0.2) is 18.6 Å². The predicted molar refractivity (Wildman–Crippen MR) is 98.2 cm³/mol. The summed E-state index contributed by atoms with van der Waals surface area (Å²) in [6.07, 6.45) is 0.727. The van der Waals surface area contributed by atoms with E-state index in [0.29, 0.717) is 15.8 Å². The summed E-state index contributed by atoms with van der Waals surface area (Å²) in [7, 11) is 0. The molecule has 0 radical (unpaired) electrons. The first-order valence-corrected chi connectivity index (χ1v) is 8.01. The van der Waals surface area contributed by atoms with Crippen LogP contribution in [0.5, 0.6) is 5.75 Å². The van der Waals surface area contributed by atoms with Gasteiger partial charge in [-0.3, -0.25) is 4.79 Å². The molecular formula is C17H17Cl3N2O2. The number of ether oxygens (including phenoxy) is 1. The van der Waals surface area contributed by atoms with Crippen molar-refractivity contribution >= 4 is 41.5 Å². The van der Waals surface area contributed by atoms with Gasteiger partial charge in [0.05, 0.1) is 17.1 Å². The van der Waals surface area contributed by atoms with Gasteiger partial charge in [-0.05, 0) is 35.7 Å². The summed E-state index contributed by atoms with van der Waals surface area (Å²) in [5, 5.41) is 3.80. The van der Waals surface area contributed by atoms with Gasteiger partial charge in [-0.1, -0.05) is 47.5 Å². The highest BCUT2D eigenvalue weighted by atomic mass is 35.5. The smallest absolute Gasteiger partial charge is 0.258 e. The number of amides is 1. The van der Waals surface area contributed by atoms with E-state index in [1.807, 2.05) is 24.3 Å². The lowest BCUT2D eigenvalue weighted by atomic mass is 10.1. The second-order valence-corrected chi connectivity index (χ2v) is 6.31. The van der Waals surface area contributed by atoms with Crippen LogP contribution in [-0.2, 0) is 11.2 Å². The highest BCUT2D eigenvalue weighted by Crippen LogP contribution is 2.29. The van der Waals surface area contributed by atoms with Gasteiger partial charge in [0.15, 0.2) is 6.61 Å². The van der Waals surface area contributed by atoms with Gasteiger partial charge < -0.3 is 15.8 Å². The normalized spacial score (nSPS) is 18.5. The highest BCUT2D eigenvalue weighted by Gasteiger charge is 2.30. The maximum atomic E-state index is 12.1. The van der Waals surface area contributed by atoms with Gasteiger partial charge in [0, 0.05) is 5.02 Å². The molecule has 0 spiro atoms. The van der Waals surface area contributed by atoms with Gasteiger partial charge in [-0.25, -0.2) is 0 Å². The summed E-state index contributed by atoms with van der Waals surface area (Å²) in [5.74, 6) is 0.189. The Morgan fingerprint density at radius 3 is 2.71 bits per heavy atom. The van der Waals surface area contributed by atoms with Crippen LogP contribution < -0.4 is 15.8 Å². The van der Waals surface area contributed by atoms with Crippen LogP contribution in [0.25, 0.3) is 0 Å². The Morgan fingerprint density at radius 1 is 1.25 bits per heavy atom. The lowest BCUT2D eigenvalue weighted by Crippen LogP contribution is -2.42. The van der Waals surface area contributed by atoms with Crippen molar-refractivity contribution in [3.05, 3.63) is 63.6 Å².